The third kappa shape index (κ3) is 4.39. The van der Waals surface area contributed by atoms with Crippen molar-refractivity contribution in [3.8, 4) is 16.3 Å². The number of fused-ring (bicyclic) bond motifs is 5. The van der Waals surface area contributed by atoms with Crippen LogP contribution in [0.15, 0.2) is 60.2 Å². The van der Waals surface area contributed by atoms with Crippen LogP contribution in [0.1, 0.15) is 57.6 Å². The number of carbonyl (C=O) groups excluding carboxylic acids is 4. The lowest BCUT2D eigenvalue weighted by Gasteiger charge is -2.49. The lowest BCUT2D eigenvalue weighted by atomic mass is 9.51. The molecule has 0 spiro atoms. The van der Waals surface area contributed by atoms with E-state index in [2.05, 4.69) is 0 Å². The average molecular weight is 697 g/mol. The Morgan fingerprint density at radius 3 is 2.39 bits per heavy atom. The van der Waals surface area contributed by atoms with Gasteiger partial charge in [0, 0.05) is 34.3 Å². The van der Waals surface area contributed by atoms with E-state index in [0.29, 0.717) is 23.0 Å². The number of anilines is 1. The summed E-state index contributed by atoms with van der Waals surface area (Å²) in [6.07, 6.45) is 2.71. The van der Waals surface area contributed by atoms with E-state index in [4.69, 9.17) is 16.7 Å². The number of phenolic OH excluding ortho intramolecular Hbond substituents is 1. The third-order valence-corrected chi connectivity index (χ3v) is 12.9. The molecule has 6 unspecified atom stereocenters. The molecule has 2 saturated heterocycles. The van der Waals surface area contributed by atoms with Gasteiger partial charge in [0.1, 0.15) is 17.3 Å². The van der Waals surface area contributed by atoms with Crippen molar-refractivity contribution in [2.24, 2.45) is 36.1 Å². The number of imide groups is 2. The molecule has 0 bridgehead atoms. The maximum absolute atomic E-state index is 14.9. The molecule has 49 heavy (non-hydrogen) atoms. The number of aromatic hydroxyl groups is 1. The minimum Gasteiger partial charge on any atom is -0.508 e. The summed E-state index contributed by atoms with van der Waals surface area (Å²) >= 11 is 7.88. The van der Waals surface area contributed by atoms with Gasteiger partial charge in [-0.1, -0.05) is 35.4 Å². The number of phenols is 1. The second-order valence-electron chi connectivity index (χ2n) is 15.1. The molecular weight excluding hydrogens is 660 g/mol. The monoisotopic (exact) mass is 696 g/mol. The van der Waals surface area contributed by atoms with E-state index >= 15 is 0 Å². The van der Waals surface area contributed by atoms with Crippen LogP contribution in [0.4, 0.5) is 5.82 Å². The van der Waals surface area contributed by atoms with E-state index in [1.807, 2.05) is 58.9 Å². The number of likely N-dealkylation sites (tertiary alicyclic amines) is 1. The highest BCUT2D eigenvalue weighted by atomic mass is 35.5. The number of aryl methyl sites for hydroxylation is 2. The van der Waals surface area contributed by atoms with E-state index in [9.17, 15) is 24.3 Å². The predicted octanol–water partition coefficient (Wildman–Crippen LogP) is 7.00. The fraction of sp³-hybridized carbons (Fsp3) is 0.395. The summed E-state index contributed by atoms with van der Waals surface area (Å²) < 4.78 is 2.65. The number of aromatic nitrogens is 2. The number of carbonyl (C=O) groups is 4. The topological polar surface area (TPSA) is 113 Å². The zero-order valence-electron chi connectivity index (χ0n) is 28.2. The van der Waals surface area contributed by atoms with Gasteiger partial charge >= 0.3 is 0 Å². The van der Waals surface area contributed by atoms with E-state index in [0.717, 1.165) is 31.7 Å². The Labute approximate surface area is 293 Å². The van der Waals surface area contributed by atoms with Crippen molar-refractivity contribution >= 4 is 62.5 Å². The molecule has 4 heterocycles. The van der Waals surface area contributed by atoms with Crippen molar-refractivity contribution in [1.82, 2.24) is 14.7 Å². The highest BCUT2D eigenvalue weighted by Crippen LogP contribution is 2.64. The van der Waals surface area contributed by atoms with Gasteiger partial charge < -0.3 is 5.11 Å². The SMILES string of the molecule is Cc1c(-c2cc(N3C(=O)C4CC5C(=CCC6C(=O)N(C(C)(C)C)C(=O)C65)C(c5ccc(O)cc5)C4(C)C3=O)n(C)n2)sc2ccc(Cl)cc12. The van der Waals surface area contributed by atoms with Gasteiger partial charge in [0.15, 0.2) is 0 Å². The van der Waals surface area contributed by atoms with Crippen molar-refractivity contribution in [2.45, 2.75) is 58.9 Å². The molecule has 252 valence electrons. The number of rotatable bonds is 3. The molecule has 2 aliphatic heterocycles. The molecule has 4 amide bonds. The van der Waals surface area contributed by atoms with Crippen LogP contribution < -0.4 is 4.90 Å². The standard InChI is InChI=1S/C38H37ClN4O5S/c1-18-24-15-20(39)9-14-28(24)49-32(18)27-17-29(41(6)40-27)42-34(46)26-16-25-22(12-13-23-30(25)35(47)43(33(23)45)37(2,3)4)31(38(26,5)36(42)48)19-7-10-21(44)11-8-19/h7-12,14-15,17,23,25-26,30-31,44H,13,16H2,1-6H3. The second-order valence-corrected chi connectivity index (χ2v) is 16.6. The summed E-state index contributed by atoms with van der Waals surface area (Å²) in [5.74, 6) is -3.41. The summed E-state index contributed by atoms with van der Waals surface area (Å²) in [4.78, 5) is 61.0. The molecule has 1 N–H and O–H groups in total. The zero-order valence-corrected chi connectivity index (χ0v) is 29.7. The first-order valence-electron chi connectivity index (χ1n) is 16.6. The average Bonchev–Trinajstić information content (AvgIpc) is 3.71. The number of halogens is 1. The number of amides is 4. The van der Waals surface area contributed by atoms with Gasteiger partial charge in [-0.25, -0.2) is 4.90 Å². The highest BCUT2D eigenvalue weighted by Gasteiger charge is 2.68. The van der Waals surface area contributed by atoms with Gasteiger partial charge in [-0.05, 0) is 100 Å². The molecule has 2 aromatic carbocycles. The van der Waals surface area contributed by atoms with Gasteiger partial charge in [0.25, 0.3) is 0 Å². The van der Waals surface area contributed by atoms with Crippen molar-refractivity contribution in [2.75, 3.05) is 4.90 Å². The fourth-order valence-corrected chi connectivity index (χ4v) is 10.5. The quantitative estimate of drug-likeness (QED) is 0.182. The number of benzene rings is 2. The second kappa shape index (κ2) is 10.6. The van der Waals surface area contributed by atoms with Crippen molar-refractivity contribution in [3.63, 3.8) is 0 Å². The Morgan fingerprint density at radius 2 is 1.69 bits per heavy atom. The number of thiophene rings is 1. The minimum absolute atomic E-state index is 0.0876. The van der Waals surface area contributed by atoms with Crippen LogP contribution >= 0.6 is 22.9 Å². The van der Waals surface area contributed by atoms with Crippen molar-refractivity contribution in [1.29, 1.82) is 0 Å². The molecule has 9 nitrogen and oxygen atoms in total. The summed E-state index contributed by atoms with van der Waals surface area (Å²) in [5.41, 5.74) is 1.49. The summed E-state index contributed by atoms with van der Waals surface area (Å²) in [6, 6.07) is 14.3. The first-order valence-corrected chi connectivity index (χ1v) is 17.8. The van der Waals surface area contributed by atoms with E-state index in [1.54, 1.807) is 53.4 Å². The highest BCUT2D eigenvalue weighted by molar-refractivity contribution is 7.22. The largest absolute Gasteiger partial charge is 0.508 e. The number of hydrogen-bond acceptors (Lipinski definition) is 7. The van der Waals surface area contributed by atoms with Gasteiger partial charge in [0.2, 0.25) is 23.6 Å². The molecule has 0 radical (unpaired) electrons. The molecule has 6 atom stereocenters. The number of hydrogen-bond donors (Lipinski definition) is 1. The number of allylic oxidation sites excluding steroid dienone is 2. The summed E-state index contributed by atoms with van der Waals surface area (Å²) in [7, 11) is 1.73. The van der Waals surface area contributed by atoms with Crippen molar-refractivity contribution in [3.05, 3.63) is 76.3 Å². The van der Waals surface area contributed by atoms with Gasteiger partial charge in [0.05, 0.1) is 28.0 Å². The Hall–Kier alpha value is -4.28. The number of nitrogens with zero attached hydrogens (tertiary/aromatic N) is 4. The smallest absolute Gasteiger partial charge is 0.242 e. The minimum atomic E-state index is -1.19. The molecular formula is C38H37ClN4O5S. The van der Waals surface area contributed by atoms with Gasteiger partial charge in [-0.15, -0.1) is 11.3 Å². The van der Waals surface area contributed by atoms with Crippen LogP contribution in [0.25, 0.3) is 20.7 Å². The predicted molar refractivity (Wildman–Crippen MR) is 188 cm³/mol. The Morgan fingerprint density at radius 1 is 0.980 bits per heavy atom. The normalized spacial score (nSPS) is 28.3. The molecule has 4 aromatic rings. The molecule has 1 saturated carbocycles. The molecule has 4 aliphatic rings. The third-order valence-electron chi connectivity index (χ3n) is 11.4. The van der Waals surface area contributed by atoms with Crippen LogP contribution in [0.3, 0.4) is 0 Å². The van der Waals surface area contributed by atoms with Crippen LogP contribution in [0, 0.1) is 36.0 Å². The van der Waals surface area contributed by atoms with Crippen LogP contribution in [0.5, 0.6) is 5.75 Å². The van der Waals surface area contributed by atoms with E-state index in [-0.39, 0.29) is 35.8 Å². The molecule has 8 rings (SSSR count). The summed E-state index contributed by atoms with van der Waals surface area (Å²) in [5, 5.41) is 16.6. The molecule has 3 fully saturated rings. The Balaban J connectivity index is 1.24. The fourth-order valence-electron chi connectivity index (χ4n) is 9.16. The van der Waals surface area contributed by atoms with Crippen LogP contribution in [0.2, 0.25) is 5.02 Å². The summed E-state index contributed by atoms with van der Waals surface area (Å²) in [6.45, 7) is 9.46. The zero-order chi connectivity index (χ0) is 34.9. The Bertz CT molecular complexity index is 2160. The lowest BCUT2D eigenvalue weighted by Crippen LogP contribution is -2.49. The Kier molecular flexibility index (Phi) is 6.92. The van der Waals surface area contributed by atoms with Gasteiger partial charge in [-0.2, -0.15) is 5.10 Å². The first-order chi connectivity index (χ1) is 23.1. The van der Waals surface area contributed by atoms with Crippen LogP contribution in [-0.4, -0.2) is 49.0 Å². The van der Waals surface area contributed by atoms with E-state index in [1.165, 1.54) is 9.80 Å². The molecule has 2 aliphatic carbocycles. The first kappa shape index (κ1) is 32.0. The van der Waals surface area contributed by atoms with Gasteiger partial charge in [-0.3, -0.25) is 28.8 Å². The molecule has 11 heteroatoms. The van der Waals surface area contributed by atoms with E-state index < -0.39 is 40.5 Å². The lowest BCUT2D eigenvalue weighted by molar-refractivity contribution is -0.145. The van der Waals surface area contributed by atoms with Crippen molar-refractivity contribution < 1.29 is 24.3 Å². The maximum atomic E-state index is 14.9. The maximum Gasteiger partial charge on any atom is 0.242 e. The molecule has 2 aromatic heterocycles. The van der Waals surface area contributed by atoms with Crippen LogP contribution in [-0.2, 0) is 26.2 Å².